The molecule has 106 valence electrons. The van der Waals surface area contributed by atoms with E-state index in [1.807, 2.05) is 31.2 Å². The molecule has 1 aromatic rings. The van der Waals surface area contributed by atoms with E-state index >= 15 is 0 Å². The first-order valence-electron chi connectivity index (χ1n) is 6.35. The first kappa shape index (κ1) is 16.5. The summed E-state index contributed by atoms with van der Waals surface area (Å²) in [5.74, 6) is 1.41. The third-order valence-electron chi connectivity index (χ3n) is 2.66. The van der Waals surface area contributed by atoms with Crippen molar-refractivity contribution in [1.82, 2.24) is 5.32 Å². The highest BCUT2D eigenvalue weighted by molar-refractivity contribution is 9.10. The monoisotopic (exact) mass is 345 g/mol. The molecule has 0 radical (unpaired) electrons. The molecular formula is C14H20BrNO2S. The van der Waals surface area contributed by atoms with E-state index in [1.54, 1.807) is 11.8 Å². The van der Waals surface area contributed by atoms with Crippen molar-refractivity contribution in [2.75, 3.05) is 11.5 Å². The third-order valence-corrected chi connectivity index (χ3v) is 4.35. The maximum absolute atomic E-state index is 11.7. The predicted octanol–water partition coefficient (Wildman–Crippen LogP) is 3.13. The van der Waals surface area contributed by atoms with Crippen LogP contribution in [-0.4, -0.2) is 28.6 Å². The van der Waals surface area contributed by atoms with Crippen molar-refractivity contribution in [2.24, 2.45) is 0 Å². The van der Waals surface area contributed by atoms with E-state index in [-0.39, 0.29) is 11.9 Å². The molecule has 2 N–H and O–H groups in total. The highest BCUT2D eigenvalue weighted by Gasteiger charge is 2.18. The number of aliphatic hydroxyl groups is 1. The number of carbonyl (C=O) groups is 1. The summed E-state index contributed by atoms with van der Waals surface area (Å²) in [6, 6.07) is 7.16. The molecule has 3 nitrogen and oxygen atoms in total. The van der Waals surface area contributed by atoms with Gasteiger partial charge in [0.25, 0.3) is 0 Å². The lowest BCUT2D eigenvalue weighted by Crippen LogP contribution is -2.38. The number of hydrogen-bond acceptors (Lipinski definition) is 3. The first-order valence-corrected chi connectivity index (χ1v) is 8.30. The largest absolute Gasteiger partial charge is 0.386 e. The van der Waals surface area contributed by atoms with Gasteiger partial charge in [-0.3, -0.25) is 4.79 Å². The molecule has 0 aromatic heterocycles. The molecule has 0 fully saturated rings. The zero-order valence-corrected chi connectivity index (χ0v) is 13.6. The molecule has 0 bridgehead atoms. The third kappa shape index (κ3) is 5.97. The Hall–Kier alpha value is -0.520. The maximum atomic E-state index is 11.7. The van der Waals surface area contributed by atoms with Gasteiger partial charge in [0.2, 0.25) is 5.91 Å². The van der Waals surface area contributed by atoms with Crippen LogP contribution in [-0.2, 0) is 4.79 Å². The van der Waals surface area contributed by atoms with Crippen LogP contribution >= 0.6 is 27.7 Å². The number of carbonyl (C=O) groups excluding carboxylic acids is 1. The molecule has 0 aliphatic carbocycles. The Labute approximate surface area is 127 Å². The number of nitrogens with one attached hydrogen (secondary N) is 1. The minimum absolute atomic E-state index is 0.0258. The Morgan fingerprint density at radius 1 is 1.42 bits per heavy atom. The van der Waals surface area contributed by atoms with Gasteiger partial charge in [0.15, 0.2) is 0 Å². The number of thioether (sulfide) groups is 1. The lowest BCUT2D eigenvalue weighted by atomic mass is 10.0. The SMILES string of the molecule is CCCSCC(=O)NC(C)C(O)c1ccc(Br)cc1. The van der Waals surface area contributed by atoms with Gasteiger partial charge in [0, 0.05) is 4.47 Å². The molecule has 5 heteroatoms. The number of aliphatic hydroxyl groups excluding tert-OH is 1. The Kier molecular flexibility index (Phi) is 7.49. The predicted molar refractivity (Wildman–Crippen MR) is 84.3 cm³/mol. The Bertz CT molecular complexity index is 397. The topological polar surface area (TPSA) is 49.3 Å². The number of benzene rings is 1. The van der Waals surface area contributed by atoms with Gasteiger partial charge in [-0.15, -0.1) is 0 Å². The summed E-state index contributed by atoms with van der Waals surface area (Å²) in [4.78, 5) is 11.7. The van der Waals surface area contributed by atoms with Crippen molar-refractivity contribution in [3.63, 3.8) is 0 Å². The minimum atomic E-state index is -0.687. The van der Waals surface area contributed by atoms with Crippen molar-refractivity contribution in [3.05, 3.63) is 34.3 Å². The fourth-order valence-corrected chi connectivity index (χ4v) is 2.60. The molecule has 0 aliphatic heterocycles. The van der Waals surface area contributed by atoms with Crippen molar-refractivity contribution in [2.45, 2.75) is 32.4 Å². The standard InChI is InChI=1S/C14H20BrNO2S/c1-3-8-19-9-13(17)16-10(2)14(18)11-4-6-12(15)7-5-11/h4-7,10,14,18H,3,8-9H2,1-2H3,(H,16,17). The fourth-order valence-electron chi connectivity index (χ4n) is 1.63. The van der Waals surface area contributed by atoms with E-state index in [2.05, 4.69) is 28.2 Å². The Morgan fingerprint density at radius 3 is 2.63 bits per heavy atom. The lowest BCUT2D eigenvalue weighted by molar-refractivity contribution is -0.119. The second kappa shape index (κ2) is 8.61. The summed E-state index contributed by atoms with van der Waals surface area (Å²) >= 11 is 4.97. The Balaban J connectivity index is 2.46. The van der Waals surface area contributed by atoms with E-state index in [9.17, 15) is 9.90 Å². The normalized spacial score (nSPS) is 13.9. The van der Waals surface area contributed by atoms with Gasteiger partial charge in [-0.25, -0.2) is 0 Å². The van der Waals surface area contributed by atoms with Gasteiger partial charge >= 0.3 is 0 Å². The van der Waals surface area contributed by atoms with Gasteiger partial charge in [-0.1, -0.05) is 35.0 Å². The molecule has 1 rings (SSSR count). The van der Waals surface area contributed by atoms with Gasteiger partial charge in [-0.05, 0) is 36.8 Å². The maximum Gasteiger partial charge on any atom is 0.230 e. The molecule has 1 amide bonds. The first-order chi connectivity index (χ1) is 9.04. The minimum Gasteiger partial charge on any atom is -0.386 e. The van der Waals surface area contributed by atoms with Crippen LogP contribution in [0.2, 0.25) is 0 Å². The van der Waals surface area contributed by atoms with E-state index < -0.39 is 6.10 Å². The molecule has 0 saturated carbocycles. The molecular weight excluding hydrogens is 326 g/mol. The zero-order chi connectivity index (χ0) is 14.3. The number of rotatable bonds is 7. The average molecular weight is 346 g/mol. The highest BCUT2D eigenvalue weighted by atomic mass is 79.9. The molecule has 1 aromatic carbocycles. The van der Waals surface area contributed by atoms with E-state index in [0.29, 0.717) is 5.75 Å². The second-order valence-corrected chi connectivity index (χ2v) is 6.43. The number of amides is 1. The van der Waals surface area contributed by atoms with Gasteiger partial charge in [-0.2, -0.15) is 11.8 Å². The van der Waals surface area contributed by atoms with Crippen LogP contribution in [0.25, 0.3) is 0 Å². The lowest BCUT2D eigenvalue weighted by Gasteiger charge is -2.20. The van der Waals surface area contributed by atoms with Crippen LogP contribution in [0.3, 0.4) is 0 Å². The fraction of sp³-hybridized carbons (Fsp3) is 0.500. The molecule has 0 aliphatic rings. The van der Waals surface area contributed by atoms with Crippen molar-refractivity contribution in [3.8, 4) is 0 Å². The summed E-state index contributed by atoms with van der Waals surface area (Å²) in [6.07, 6.45) is 0.378. The van der Waals surface area contributed by atoms with E-state index in [4.69, 9.17) is 0 Å². The number of halogens is 1. The van der Waals surface area contributed by atoms with Gasteiger partial charge < -0.3 is 10.4 Å². The molecule has 0 heterocycles. The molecule has 2 unspecified atom stereocenters. The van der Waals surface area contributed by atoms with Crippen molar-refractivity contribution < 1.29 is 9.90 Å². The van der Waals surface area contributed by atoms with E-state index in [0.717, 1.165) is 22.2 Å². The molecule has 2 atom stereocenters. The van der Waals surface area contributed by atoms with Crippen molar-refractivity contribution >= 4 is 33.6 Å². The van der Waals surface area contributed by atoms with Crippen LogP contribution in [0.5, 0.6) is 0 Å². The molecule has 0 saturated heterocycles. The summed E-state index contributed by atoms with van der Waals surface area (Å²) in [5.41, 5.74) is 0.803. The highest BCUT2D eigenvalue weighted by Crippen LogP contribution is 2.19. The second-order valence-electron chi connectivity index (χ2n) is 4.41. The number of hydrogen-bond donors (Lipinski definition) is 2. The van der Waals surface area contributed by atoms with Crippen LogP contribution in [0.15, 0.2) is 28.7 Å². The zero-order valence-electron chi connectivity index (χ0n) is 11.2. The summed E-state index contributed by atoms with van der Waals surface area (Å²) in [7, 11) is 0. The van der Waals surface area contributed by atoms with Crippen LogP contribution < -0.4 is 5.32 Å². The van der Waals surface area contributed by atoms with E-state index in [1.165, 1.54) is 0 Å². The van der Waals surface area contributed by atoms with Crippen LogP contribution in [0, 0.1) is 0 Å². The summed E-state index contributed by atoms with van der Waals surface area (Å²) < 4.78 is 0.969. The molecule has 19 heavy (non-hydrogen) atoms. The summed E-state index contributed by atoms with van der Waals surface area (Å²) in [6.45, 7) is 3.90. The van der Waals surface area contributed by atoms with Crippen LogP contribution in [0.1, 0.15) is 31.9 Å². The molecule has 0 spiro atoms. The summed E-state index contributed by atoms with van der Waals surface area (Å²) in [5, 5.41) is 13.0. The van der Waals surface area contributed by atoms with Gasteiger partial charge in [0.1, 0.15) is 0 Å². The average Bonchev–Trinajstić information content (AvgIpc) is 2.39. The quantitative estimate of drug-likeness (QED) is 0.746. The van der Waals surface area contributed by atoms with Gasteiger partial charge in [0.05, 0.1) is 17.9 Å². The van der Waals surface area contributed by atoms with Crippen molar-refractivity contribution in [1.29, 1.82) is 0 Å². The van der Waals surface area contributed by atoms with Crippen LogP contribution in [0.4, 0.5) is 0 Å². The Morgan fingerprint density at radius 2 is 2.05 bits per heavy atom. The smallest absolute Gasteiger partial charge is 0.230 e.